The van der Waals surface area contributed by atoms with Gasteiger partial charge in [0.05, 0.1) is 5.02 Å². The molecule has 0 aliphatic rings. The molecule has 0 radical (unpaired) electrons. The van der Waals surface area contributed by atoms with Crippen LogP contribution in [0.1, 0.15) is 12.5 Å². The molecule has 0 aliphatic heterocycles. The topological polar surface area (TPSA) is 38.3 Å². The van der Waals surface area contributed by atoms with Crippen molar-refractivity contribution in [2.24, 2.45) is 0 Å². The molecule has 0 aliphatic carbocycles. The molecule has 1 N–H and O–H groups in total. The van der Waals surface area contributed by atoms with Crippen LogP contribution in [0.5, 0.6) is 5.75 Å². The van der Waals surface area contributed by atoms with Crippen molar-refractivity contribution in [2.45, 2.75) is 20.0 Å². The Morgan fingerprint density at radius 3 is 2.43 bits per heavy atom. The fraction of sp³-hybridized carbons (Fsp3) is 0.188. The first kappa shape index (κ1) is 15.7. The maximum atomic E-state index is 12.1. The Morgan fingerprint density at radius 1 is 1.14 bits per heavy atom. The molecule has 2 aromatic carbocycles. The molecule has 0 aromatic heterocycles. The average molecular weight is 324 g/mol. The van der Waals surface area contributed by atoms with Gasteiger partial charge in [0.1, 0.15) is 5.75 Å². The van der Waals surface area contributed by atoms with Crippen molar-refractivity contribution in [3.8, 4) is 5.75 Å². The van der Waals surface area contributed by atoms with Crippen LogP contribution in [-0.4, -0.2) is 12.0 Å². The van der Waals surface area contributed by atoms with Crippen molar-refractivity contribution in [1.82, 2.24) is 0 Å². The highest BCUT2D eigenvalue weighted by molar-refractivity contribution is 6.35. The Bertz CT molecular complexity index is 641. The Kier molecular flexibility index (Phi) is 5.10. The van der Waals surface area contributed by atoms with E-state index in [2.05, 4.69) is 5.32 Å². The molecule has 0 heterocycles. The monoisotopic (exact) mass is 323 g/mol. The van der Waals surface area contributed by atoms with Gasteiger partial charge in [0.15, 0.2) is 6.10 Å². The van der Waals surface area contributed by atoms with E-state index in [-0.39, 0.29) is 5.91 Å². The van der Waals surface area contributed by atoms with Crippen LogP contribution in [0, 0.1) is 6.92 Å². The van der Waals surface area contributed by atoms with Gasteiger partial charge in [0.2, 0.25) is 0 Å². The van der Waals surface area contributed by atoms with E-state index in [1.54, 1.807) is 25.1 Å². The Balaban J connectivity index is 2.00. The molecular weight excluding hydrogens is 309 g/mol. The van der Waals surface area contributed by atoms with Gasteiger partial charge in [-0.15, -0.1) is 0 Å². The Hall–Kier alpha value is -1.71. The molecular formula is C16H15Cl2NO2. The van der Waals surface area contributed by atoms with Crippen LogP contribution in [-0.2, 0) is 4.79 Å². The van der Waals surface area contributed by atoms with E-state index in [9.17, 15) is 4.79 Å². The van der Waals surface area contributed by atoms with E-state index < -0.39 is 6.10 Å². The van der Waals surface area contributed by atoms with E-state index in [4.69, 9.17) is 27.9 Å². The molecule has 1 amide bonds. The number of nitrogens with one attached hydrogen (secondary N) is 1. The molecule has 0 saturated carbocycles. The number of amides is 1. The van der Waals surface area contributed by atoms with Gasteiger partial charge >= 0.3 is 0 Å². The van der Waals surface area contributed by atoms with E-state index >= 15 is 0 Å². The lowest BCUT2D eigenvalue weighted by molar-refractivity contribution is -0.122. The van der Waals surface area contributed by atoms with Crippen LogP contribution < -0.4 is 10.1 Å². The fourth-order valence-corrected chi connectivity index (χ4v) is 2.15. The van der Waals surface area contributed by atoms with E-state index in [0.717, 1.165) is 11.3 Å². The second kappa shape index (κ2) is 6.83. The zero-order chi connectivity index (χ0) is 15.4. The number of benzene rings is 2. The second-order valence-corrected chi connectivity index (χ2v) is 5.53. The lowest BCUT2D eigenvalue weighted by atomic mass is 10.2. The molecule has 1 atom stereocenters. The van der Waals surface area contributed by atoms with Gasteiger partial charge < -0.3 is 10.1 Å². The van der Waals surface area contributed by atoms with Crippen LogP contribution in [0.4, 0.5) is 5.69 Å². The lowest BCUT2D eigenvalue weighted by Gasteiger charge is -2.15. The highest BCUT2D eigenvalue weighted by Crippen LogP contribution is 2.28. The number of anilines is 1. The first-order valence-electron chi connectivity index (χ1n) is 6.45. The molecule has 21 heavy (non-hydrogen) atoms. The van der Waals surface area contributed by atoms with E-state index in [1.165, 1.54) is 0 Å². The van der Waals surface area contributed by atoms with Gasteiger partial charge in [-0.2, -0.15) is 0 Å². The smallest absolute Gasteiger partial charge is 0.265 e. The minimum Gasteiger partial charge on any atom is -0.479 e. The van der Waals surface area contributed by atoms with Gasteiger partial charge in [-0.25, -0.2) is 0 Å². The summed E-state index contributed by atoms with van der Waals surface area (Å²) in [5.74, 6) is 0.178. The predicted molar refractivity (Wildman–Crippen MR) is 86.4 cm³/mol. The predicted octanol–water partition coefficient (Wildman–Crippen LogP) is 4.71. The van der Waals surface area contributed by atoms with Gasteiger partial charge in [0, 0.05) is 10.7 Å². The van der Waals surface area contributed by atoms with Crippen LogP contribution >= 0.6 is 23.2 Å². The zero-order valence-corrected chi connectivity index (χ0v) is 13.2. The van der Waals surface area contributed by atoms with Crippen molar-refractivity contribution in [3.05, 3.63) is 58.1 Å². The summed E-state index contributed by atoms with van der Waals surface area (Å²) in [6.07, 6.45) is -0.676. The van der Waals surface area contributed by atoms with Crippen LogP contribution in [0.2, 0.25) is 10.0 Å². The molecule has 5 heteroatoms. The molecule has 0 bridgehead atoms. The molecule has 0 fully saturated rings. The summed E-state index contributed by atoms with van der Waals surface area (Å²) < 4.78 is 5.56. The first-order chi connectivity index (χ1) is 9.95. The SMILES string of the molecule is Cc1ccc(NC(=O)[C@@H](C)Oc2ccc(Cl)cc2Cl)cc1. The number of halogens is 2. The summed E-state index contributed by atoms with van der Waals surface area (Å²) in [7, 11) is 0. The standard InChI is InChI=1S/C16H15Cl2NO2/c1-10-3-6-13(7-4-10)19-16(20)11(2)21-15-8-5-12(17)9-14(15)18/h3-9,11H,1-2H3,(H,19,20)/t11-/m1/s1. The van der Waals surface area contributed by atoms with Crippen molar-refractivity contribution in [3.63, 3.8) is 0 Å². The third-order valence-corrected chi connectivity index (χ3v) is 3.42. The number of hydrogen-bond donors (Lipinski definition) is 1. The zero-order valence-electron chi connectivity index (χ0n) is 11.7. The number of aryl methyl sites for hydroxylation is 1. The summed E-state index contributed by atoms with van der Waals surface area (Å²) in [6, 6.07) is 12.4. The fourth-order valence-electron chi connectivity index (χ4n) is 1.70. The summed E-state index contributed by atoms with van der Waals surface area (Å²) in [5, 5.41) is 3.68. The normalized spacial score (nSPS) is 11.8. The average Bonchev–Trinajstić information content (AvgIpc) is 2.44. The molecule has 2 aromatic rings. The minimum atomic E-state index is -0.676. The molecule has 110 valence electrons. The van der Waals surface area contributed by atoms with Crippen molar-refractivity contribution < 1.29 is 9.53 Å². The number of carbonyl (C=O) groups is 1. The molecule has 0 spiro atoms. The lowest BCUT2D eigenvalue weighted by Crippen LogP contribution is -2.30. The van der Waals surface area contributed by atoms with E-state index in [0.29, 0.717) is 15.8 Å². The van der Waals surface area contributed by atoms with Gasteiger partial charge in [-0.1, -0.05) is 40.9 Å². The van der Waals surface area contributed by atoms with Crippen LogP contribution in [0.25, 0.3) is 0 Å². The van der Waals surface area contributed by atoms with Crippen molar-refractivity contribution in [1.29, 1.82) is 0 Å². The Morgan fingerprint density at radius 2 is 1.81 bits per heavy atom. The van der Waals surface area contributed by atoms with Gasteiger partial charge in [0.25, 0.3) is 5.91 Å². The quantitative estimate of drug-likeness (QED) is 0.885. The third-order valence-electron chi connectivity index (χ3n) is 2.89. The van der Waals surface area contributed by atoms with E-state index in [1.807, 2.05) is 31.2 Å². The maximum absolute atomic E-state index is 12.1. The highest BCUT2D eigenvalue weighted by atomic mass is 35.5. The summed E-state index contributed by atoms with van der Waals surface area (Å²) in [4.78, 5) is 12.1. The largest absolute Gasteiger partial charge is 0.479 e. The van der Waals surface area contributed by atoms with Gasteiger partial charge in [-0.3, -0.25) is 4.79 Å². The summed E-state index contributed by atoms with van der Waals surface area (Å²) >= 11 is 11.8. The Labute approximate surface area is 133 Å². The van der Waals surface area contributed by atoms with Crippen LogP contribution in [0.15, 0.2) is 42.5 Å². The minimum absolute atomic E-state index is 0.245. The number of ether oxygens (including phenoxy) is 1. The number of hydrogen-bond acceptors (Lipinski definition) is 2. The van der Waals surface area contributed by atoms with Gasteiger partial charge in [-0.05, 0) is 44.2 Å². The molecule has 2 rings (SSSR count). The molecule has 0 unspecified atom stereocenters. The maximum Gasteiger partial charge on any atom is 0.265 e. The molecule has 0 saturated heterocycles. The van der Waals surface area contributed by atoms with Crippen molar-refractivity contribution in [2.75, 3.05) is 5.32 Å². The molecule has 3 nitrogen and oxygen atoms in total. The summed E-state index contributed by atoms with van der Waals surface area (Å²) in [6.45, 7) is 3.65. The third kappa shape index (κ3) is 4.38. The highest BCUT2D eigenvalue weighted by Gasteiger charge is 2.16. The van der Waals surface area contributed by atoms with Crippen LogP contribution in [0.3, 0.4) is 0 Å². The number of carbonyl (C=O) groups excluding carboxylic acids is 1. The second-order valence-electron chi connectivity index (χ2n) is 4.69. The van der Waals surface area contributed by atoms with Crippen molar-refractivity contribution >= 4 is 34.8 Å². The first-order valence-corrected chi connectivity index (χ1v) is 7.20. The number of rotatable bonds is 4. The summed E-state index contributed by atoms with van der Waals surface area (Å²) in [5.41, 5.74) is 1.86.